The molecule has 0 saturated heterocycles. The van der Waals surface area contributed by atoms with Crippen LogP contribution in [0.3, 0.4) is 0 Å². The van der Waals surface area contributed by atoms with Crippen LogP contribution in [0.2, 0.25) is 5.02 Å². The zero-order chi connectivity index (χ0) is 25.9. The molecule has 4 rings (SSSR count). The van der Waals surface area contributed by atoms with Crippen LogP contribution in [-0.4, -0.2) is 32.2 Å². The van der Waals surface area contributed by atoms with Gasteiger partial charge in [-0.05, 0) is 60.5 Å². The number of benzene rings is 4. The summed E-state index contributed by atoms with van der Waals surface area (Å²) in [7, 11) is -4.10. The number of aryl methyl sites for hydroxylation is 2. The van der Waals surface area contributed by atoms with E-state index in [0.29, 0.717) is 16.1 Å². The lowest BCUT2D eigenvalue weighted by atomic mass is 10.0. The molecule has 0 radical (unpaired) electrons. The first-order valence-corrected chi connectivity index (χ1v) is 12.9. The average Bonchev–Trinajstić information content (AvgIpc) is 2.85. The molecule has 0 saturated carbocycles. The lowest BCUT2D eigenvalue weighted by Crippen LogP contribution is -2.40. The highest BCUT2D eigenvalue weighted by Gasteiger charge is 2.28. The Morgan fingerprint density at radius 1 is 1.03 bits per heavy atom. The summed E-state index contributed by atoms with van der Waals surface area (Å²) in [6, 6.07) is 22.0. The van der Waals surface area contributed by atoms with Crippen molar-refractivity contribution in [3.63, 3.8) is 0 Å². The lowest BCUT2D eigenvalue weighted by molar-refractivity contribution is -0.119. The topological polar surface area (TPSA) is 99.1 Å². The van der Waals surface area contributed by atoms with E-state index in [1.807, 2.05) is 31.2 Å². The maximum absolute atomic E-state index is 13.6. The van der Waals surface area contributed by atoms with Gasteiger partial charge in [0.15, 0.2) is 0 Å². The van der Waals surface area contributed by atoms with Crippen LogP contribution in [-0.2, 0) is 14.8 Å². The molecule has 184 valence electrons. The fourth-order valence-electron chi connectivity index (χ4n) is 3.74. The Hall–Kier alpha value is -3.88. The number of fused-ring (bicyclic) bond motifs is 1. The lowest BCUT2D eigenvalue weighted by Gasteiger charge is -2.25. The van der Waals surface area contributed by atoms with Gasteiger partial charge in [-0.2, -0.15) is 5.10 Å². The summed E-state index contributed by atoms with van der Waals surface area (Å²) in [4.78, 5) is 12.9. The van der Waals surface area contributed by atoms with Crippen molar-refractivity contribution in [3.05, 3.63) is 101 Å². The molecular formula is C27H24ClN3O4S. The van der Waals surface area contributed by atoms with Crippen LogP contribution < -0.4 is 9.73 Å². The first-order valence-electron chi connectivity index (χ1n) is 11.0. The maximum Gasteiger partial charge on any atom is 0.264 e. The fourth-order valence-corrected chi connectivity index (χ4v) is 5.39. The van der Waals surface area contributed by atoms with Crippen molar-refractivity contribution in [3.8, 4) is 5.75 Å². The molecule has 0 heterocycles. The van der Waals surface area contributed by atoms with Gasteiger partial charge < -0.3 is 5.11 Å². The van der Waals surface area contributed by atoms with E-state index in [4.69, 9.17) is 11.6 Å². The van der Waals surface area contributed by atoms with Crippen LogP contribution in [0.4, 0.5) is 5.69 Å². The summed E-state index contributed by atoms with van der Waals surface area (Å²) < 4.78 is 28.1. The van der Waals surface area contributed by atoms with Gasteiger partial charge in [-0.15, -0.1) is 0 Å². The largest absolute Gasteiger partial charge is 0.507 e. The van der Waals surface area contributed by atoms with E-state index in [-0.39, 0.29) is 16.3 Å². The molecule has 7 nitrogen and oxygen atoms in total. The van der Waals surface area contributed by atoms with Crippen LogP contribution in [0.1, 0.15) is 16.7 Å². The van der Waals surface area contributed by atoms with E-state index >= 15 is 0 Å². The molecule has 0 bridgehead atoms. The molecule has 36 heavy (non-hydrogen) atoms. The molecule has 9 heteroatoms. The zero-order valence-electron chi connectivity index (χ0n) is 19.6. The Kier molecular flexibility index (Phi) is 7.28. The van der Waals surface area contributed by atoms with Crippen molar-refractivity contribution >= 4 is 50.2 Å². The standard InChI is InChI=1S/C27H24ClN3O4S/c1-18-7-12-22(13-8-18)36(34,35)31(25-15-21(28)11-9-19(25)2)17-27(33)30-29-16-24-23-6-4-3-5-20(23)10-14-26(24)32/h3-16,32H,17H2,1-2H3,(H,30,33)/b29-16-. The van der Waals surface area contributed by atoms with E-state index < -0.39 is 22.5 Å². The molecule has 0 spiro atoms. The second-order valence-corrected chi connectivity index (χ2v) is 10.6. The van der Waals surface area contributed by atoms with E-state index in [2.05, 4.69) is 10.5 Å². The number of carbonyl (C=O) groups is 1. The van der Waals surface area contributed by atoms with E-state index in [1.165, 1.54) is 24.4 Å². The molecular weight excluding hydrogens is 498 g/mol. The number of halogens is 1. The van der Waals surface area contributed by atoms with Gasteiger partial charge in [0.2, 0.25) is 0 Å². The number of sulfonamides is 1. The summed E-state index contributed by atoms with van der Waals surface area (Å²) in [5.74, 6) is -0.661. The SMILES string of the molecule is Cc1ccc(S(=O)(=O)N(CC(=O)N/N=C\c2c(O)ccc3ccccc23)c2cc(Cl)ccc2C)cc1. The normalized spacial score (nSPS) is 11.6. The number of nitrogens with zero attached hydrogens (tertiary/aromatic N) is 2. The number of carbonyl (C=O) groups excluding carboxylic acids is 1. The minimum absolute atomic E-state index is 0.00447. The monoisotopic (exact) mass is 521 g/mol. The number of phenols is 1. The minimum atomic E-state index is -4.10. The number of hydrogen-bond donors (Lipinski definition) is 2. The average molecular weight is 522 g/mol. The van der Waals surface area contributed by atoms with Gasteiger partial charge in [0, 0.05) is 10.6 Å². The Balaban J connectivity index is 1.63. The van der Waals surface area contributed by atoms with E-state index in [9.17, 15) is 18.3 Å². The maximum atomic E-state index is 13.6. The van der Waals surface area contributed by atoms with E-state index in [1.54, 1.807) is 43.3 Å². The van der Waals surface area contributed by atoms with Crippen molar-refractivity contribution in [1.82, 2.24) is 5.43 Å². The zero-order valence-corrected chi connectivity index (χ0v) is 21.2. The first kappa shape index (κ1) is 25.2. The smallest absolute Gasteiger partial charge is 0.264 e. The quantitative estimate of drug-likeness (QED) is 0.259. The summed E-state index contributed by atoms with van der Waals surface area (Å²) in [6.07, 6.45) is 1.33. The highest BCUT2D eigenvalue weighted by Crippen LogP contribution is 2.30. The van der Waals surface area contributed by atoms with Gasteiger partial charge >= 0.3 is 0 Å². The Morgan fingerprint density at radius 2 is 1.75 bits per heavy atom. The molecule has 1 amide bonds. The third-order valence-corrected chi connectivity index (χ3v) is 7.68. The summed E-state index contributed by atoms with van der Waals surface area (Å²) in [5, 5.41) is 16.2. The predicted octanol–water partition coefficient (Wildman–Crippen LogP) is 5.16. The van der Waals surface area contributed by atoms with Crippen molar-refractivity contribution in [1.29, 1.82) is 0 Å². The molecule has 0 aliphatic carbocycles. The van der Waals surface area contributed by atoms with Gasteiger partial charge in [-0.25, -0.2) is 13.8 Å². The number of aromatic hydroxyl groups is 1. The van der Waals surface area contributed by atoms with Gasteiger partial charge in [-0.1, -0.05) is 65.7 Å². The molecule has 4 aromatic carbocycles. The molecule has 2 N–H and O–H groups in total. The molecule has 0 atom stereocenters. The number of rotatable bonds is 7. The summed E-state index contributed by atoms with van der Waals surface area (Å²) in [6.45, 7) is 3.06. The Labute approximate surface area is 214 Å². The molecule has 0 aromatic heterocycles. The second-order valence-electron chi connectivity index (χ2n) is 8.27. The van der Waals surface area contributed by atoms with Crippen LogP contribution >= 0.6 is 11.6 Å². The van der Waals surface area contributed by atoms with E-state index in [0.717, 1.165) is 20.6 Å². The molecule has 0 aliphatic rings. The number of hydrazone groups is 1. The predicted molar refractivity (Wildman–Crippen MR) is 143 cm³/mol. The second kappa shape index (κ2) is 10.4. The third kappa shape index (κ3) is 5.35. The number of amides is 1. The Morgan fingerprint density at radius 3 is 2.50 bits per heavy atom. The highest BCUT2D eigenvalue weighted by molar-refractivity contribution is 7.92. The number of anilines is 1. The fraction of sp³-hybridized carbons (Fsp3) is 0.111. The summed E-state index contributed by atoms with van der Waals surface area (Å²) >= 11 is 6.16. The molecule has 0 fully saturated rings. The van der Waals surface area contributed by atoms with Gasteiger partial charge in [0.1, 0.15) is 12.3 Å². The van der Waals surface area contributed by atoms with Crippen LogP contribution in [0.5, 0.6) is 5.75 Å². The highest BCUT2D eigenvalue weighted by atomic mass is 35.5. The van der Waals surface area contributed by atoms with Crippen LogP contribution in [0.25, 0.3) is 10.8 Å². The van der Waals surface area contributed by atoms with Gasteiger partial charge in [-0.3, -0.25) is 9.10 Å². The Bertz CT molecular complexity index is 1570. The van der Waals surface area contributed by atoms with Crippen LogP contribution in [0.15, 0.2) is 88.9 Å². The van der Waals surface area contributed by atoms with Crippen molar-refractivity contribution in [2.75, 3.05) is 10.8 Å². The van der Waals surface area contributed by atoms with Gasteiger partial charge in [0.25, 0.3) is 15.9 Å². The van der Waals surface area contributed by atoms with Crippen molar-refractivity contribution < 1.29 is 18.3 Å². The van der Waals surface area contributed by atoms with Crippen molar-refractivity contribution in [2.24, 2.45) is 5.10 Å². The molecule has 0 aliphatic heterocycles. The molecule has 0 unspecified atom stereocenters. The summed E-state index contributed by atoms with van der Waals surface area (Å²) in [5.41, 5.74) is 4.63. The first-order chi connectivity index (χ1) is 17.2. The number of nitrogens with one attached hydrogen (secondary N) is 1. The third-order valence-electron chi connectivity index (χ3n) is 5.67. The number of phenolic OH excluding ortho intramolecular Hbond substituents is 1. The number of hydrogen-bond acceptors (Lipinski definition) is 5. The molecule has 4 aromatic rings. The van der Waals surface area contributed by atoms with Crippen molar-refractivity contribution in [2.45, 2.75) is 18.7 Å². The van der Waals surface area contributed by atoms with Crippen LogP contribution in [0, 0.1) is 13.8 Å². The van der Waals surface area contributed by atoms with Gasteiger partial charge in [0.05, 0.1) is 16.8 Å². The minimum Gasteiger partial charge on any atom is -0.507 e.